The van der Waals surface area contributed by atoms with E-state index < -0.39 is 0 Å². The van der Waals surface area contributed by atoms with Gasteiger partial charge in [-0.3, -0.25) is 5.73 Å². The molecular weight excluding hydrogens is 280 g/mol. The first-order valence-electron chi connectivity index (χ1n) is 8.15. The van der Waals surface area contributed by atoms with Crippen molar-refractivity contribution in [1.82, 2.24) is 0 Å². The van der Waals surface area contributed by atoms with Crippen molar-refractivity contribution >= 4 is 0 Å². The second-order valence-electron chi connectivity index (χ2n) is 5.82. The number of aryl methyl sites for hydroxylation is 1. The molecule has 0 saturated heterocycles. The Balaban J connectivity index is 1.82. The van der Waals surface area contributed by atoms with Crippen molar-refractivity contribution in [2.24, 2.45) is 5.73 Å². The molecule has 0 aliphatic heterocycles. The summed E-state index contributed by atoms with van der Waals surface area (Å²) >= 11 is 0. The monoisotopic (exact) mass is 303 g/mol. The highest BCUT2D eigenvalue weighted by Gasteiger charge is 2.14. The molecule has 116 valence electrons. The van der Waals surface area contributed by atoms with Gasteiger partial charge in [-0.1, -0.05) is 60.7 Å². The van der Waals surface area contributed by atoms with E-state index in [0.717, 1.165) is 12.8 Å². The molecule has 0 atom stereocenters. The lowest BCUT2D eigenvalue weighted by Gasteiger charge is -2.18. The highest BCUT2D eigenvalue weighted by Crippen LogP contribution is 2.29. The average Bonchev–Trinajstić information content (AvgIpc) is 2.64. The molecule has 23 heavy (non-hydrogen) atoms. The summed E-state index contributed by atoms with van der Waals surface area (Å²) in [5.74, 6) is 0.420. The lowest BCUT2D eigenvalue weighted by molar-refractivity contribution is -0.696. The number of benzene rings is 2. The summed E-state index contributed by atoms with van der Waals surface area (Å²) in [6.45, 7) is 0.522. The van der Waals surface area contributed by atoms with Gasteiger partial charge in [0, 0.05) is 17.5 Å². The largest absolute Gasteiger partial charge is 0.275 e. The Hall–Kier alpha value is -2.45. The van der Waals surface area contributed by atoms with Crippen LogP contribution in [0.4, 0.5) is 0 Å². The van der Waals surface area contributed by atoms with Crippen molar-refractivity contribution in [3.8, 4) is 0 Å². The fourth-order valence-electron chi connectivity index (χ4n) is 3.05. The predicted octanol–water partition coefficient (Wildman–Crippen LogP) is 3.66. The number of aromatic nitrogens is 1. The lowest BCUT2D eigenvalue weighted by Crippen LogP contribution is -2.37. The molecular formula is C21H23N2+. The van der Waals surface area contributed by atoms with Crippen LogP contribution in [0, 0.1) is 0 Å². The molecule has 2 heteroatoms. The molecule has 2 N–H and O–H groups in total. The summed E-state index contributed by atoms with van der Waals surface area (Å²) in [6, 6.07) is 25.8. The van der Waals surface area contributed by atoms with Gasteiger partial charge >= 0.3 is 0 Å². The van der Waals surface area contributed by atoms with Gasteiger partial charge in [-0.15, -0.1) is 0 Å². The molecule has 0 fully saturated rings. The van der Waals surface area contributed by atoms with Gasteiger partial charge in [0.1, 0.15) is 0 Å². The van der Waals surface area contributed by atoms with Crippen LogP contribution in [0.15, 0.2) is 85.2 Å². The van der Waals surface area contributed by atoms with Gasteiger partial charge in [0.25, 0.3) is 0 Å². The number of hydrogen-bond acceptors (Lipinski definition) is 1. The van der Waals surface area contributed by atoms with Crippen molar-refractivity contribution in [2.75, 3.05) is 0 Å². The van der Waals surface area contributed by atoms with E-state index in [0.29, 0.717) is 12.6 Å². The molecule has 0 aliphatic carbocycles. The van der Waals surface area contributed by atoms with Gasteiger partial charge in [0.2, 0.25) is 0 Å². The first-order valence-corrected chi connectivity index (χ1v) is 8.15. The molecule has 0 amide bonds. The van der Waals surface area contributed by atoms with E-state index in [1.807, 2.05) is 10.8 Å². The third-order valence-corrected chi connectivity index (χ3v) is 4.26. The van der Waals surface area contributed by atoms with Crippen molar-refractivity contribution in [1.29, 1.82) is 0 Å². The fraction of sp³-hybridized carbons (Fsp3) is 0.190. The minimum absolute atomic E-state index is 0.420. The maximum atomic E-state index is 5.72. The standard InChI is InChI=1S/C21H23N2/c22-17-23-15-7-8-18(16-23)13-14-21(19-9-3-1-4-10-19)20-11-5-2-6-12-20/h1-12,15-16,21H,13-14,17,22H2/q+1. The van der Waals surface area contributed by atoms with Crippen LogP contribution in [0.3, 0.4) is 0 Å². The van der Waals surface area contributed by atoms with Gasteiger partial charge in [0.15, 0.2) is 19.1 Å². The summed E-state index contributed by atoms with van der Waals surface area (Å²) in [4.78, 5) is 0. The Labute approximate surface area is 138 Å². The normalized spacial score (nSPS) is 10.9. The molecule has 3 aromatic rings. The van der Waals surface area contributed by atoms with Crippen LogP contribution < -0.4 is 10.3 Å². The van der Waals surface area contributed by atoms with E-state index in [1.54, 1.807) is 0 Å². The average molecular weight is 303 g/mol. The van der Waals surface area contributed by atoms with Gasteiger partial charge in [-0.2, -0.15) is 4.57 Å². The van der Waals surface area contributed by atoms with Gasteiger partial charge in [-0.25, -0.2) is 0 Å². The molecule has 1 aromatic heterocycles. The molecule has 2 aromatic carbocycles. The third kappa shape index (κ3) is 4.05. The third-order valence-electron chi connectivity index (χ3n) is 4.26. The second kappa shape index (κ2) is 7.70. The smallest absolute Gasteiger partial charge is 0.199 e. The number of hydrogen-bond donors (Lipinski definition) is 1. The van der Waals surface area contributed by atoms with Gasteiger partial charge < -0.3 is 0 Å². The van der Waals surface area contributed by atoms with E-state index in [2.05, 4.69) is 79.0 Å². The van der Waals surface area contributed by atoms with Crippen molar-refractivity contribution < 1.29 is 4.57 Å². The molecule has 0 saturated carbocycles. The predicted molar refractivity (Wildman–Crippen MR) is 93.9 cm³/mol. The van der Waals surface area contributed by atoms with Crippen LogP contribution in [0.5, 0.6) is 0 Å². The quantitative estimate of drug-likeness (QED) is 0.692. The zero-order chi connectivity index (χ0) is 15.9. The van der Waals surface area contributed by atoms with E-state index in [4.69, 9.17) is 5.73 Å². The van der Waals surface area contributed by atoms with Crippen LogP contribution in [-0.4, -0.2) is 0 Å². The number of nitrogens with zero attached hydrogens (tertiary/aromatic N) is 1. The Morgan fingerprint density at radius 2 is 1.39 bits per heavy atom. The van der Waals surface area contributed by atoms with E-state index in [1.165, 1.54) is 16.7 Å². The first-order chi connectivity index (χ1) is 11.4. The molecule has 2 nitrogen and oxygen atoms in total. The van der Waals surface area contributed by atoms with Gasteiger partial charge in [-0.05, 0) is 30.0 Å². The molecule has 0 spiro atoms. The Morgan fingerprint density at radius 3 is 1.96 bits per heavy atom. The van der Waals surface area contributed by atoms with Crippen molar-refractivity contribution in [3.63, 3.8) is 0 Å². The molecule has 0 bridgehead atoms. The van der Waals surface area contributed by atoms with Crippen LogP contribution in [-0.2, 0) is 13.1 Å². The van der Waals surface area contributed by atoms with Crippen LogP contribution in [0.1, 0.15) is 29.0 Å². The summed E-state index contributed by atoms with van der Waals surface area (Å²) < 4.78 is 2.02. The zero-order valence-corrected chi connectivity index (χ0v) is 13.3. The zero-order valence-electron chi connectivity index (χ0n) is 13.3. The Bertz CT molecular complexity index is 684. The van der Waals surface area contributed by atoms with E-state index in [9.17, 15) is 0 Å². The topological polar surface area (TPSA) is 29.9 Å². The molecule has 0 unspecified atom stereocenters. The first kappa shape index (κ1) is 15.4. The number of rotatable bonds is 6. The second-order valence-corrected chi connectivity index (χ2v) is 5.82. The highest BCUT2D eigenvalue weighted by molar-refractivity contribution is 5.32. The number of nitrogens with two attached hydrogens (primary N) is 1. The van der Waals surface area contributed by atoms with E-state index in [-0.39, 0.29) is 0 Å². The maximum absolute atomic E-state index is 5.72. The summed E-state index contributed by atoms with van der Waals surface area (Å²) in [6.07, 6.45) is 6.28. The van der Waals surface area contributed by atoms with Crippen molar-refractivity contribution in [2.45, 2.75) is 25.4 Å². The van der Waals surface area contributed by atoms with Crippen LogP contribution in [0.2, 0.25) is 0 Å². The Morgan fingerprint density at radius 1 is 0.783 bits per heavy atom. The Kier molecular flexibility index (Phi) is 5.17. The van der Waals surface area contributed by atoms with Crippen LogP contribution in [0.25, 0.3) is 0 Å². The van der Waals surface area contributed by atoms with E-state index >= 15 is 0 Å². The fourth-order valence-corrected chi connectivity index (χ4v) is 3.05. The minimum Gasteiger partial charge on any atom is -0.275 e. The van der Waals surface area contributed by atoms with Crippen molar-refractivity contribution in [3.05, 3.63) is 102 Å². The maximum Gasteiger partial charge on any atom is 0.199 e. The minimum atomic E-state index is 0.420. The number of pyridine rings is 1. The molecule has 0 radical (unpaired) electrons. The summed E-state index contributed by atoms with van der Waals surface area (Å²) in [7, 11) is 0. The SMILES string of the molecule is NC[n+]1cccc(CCC(c2ccccc2)c2ccccc2)c1. The molecule has 0 aliphatic rings. The highest BCUT2D eigenvalue weighted by atomic mass is 15.0. The lowest BCUT2D eigenvalue weighted by atomic mass is 9.86. The molecule has 1 heterocycles. The summed E-state index contributed by atoms with van der Waals surface area (Å²) in [5, 5.41) is 0. The molecule has 3 rings (SSSR count). The van der Waals surface area contributed by atoms with Gasteiger partial charge in [0.05, 0.1) is 0 Å². The summed E-state index contributed by atoms with van der Waals surface area (Å²) in [5.41, 5.74) is 9.80. The van der Waals surface area contributed by atoms with Crippen LogP contribution >= 0.6 is 0 Å².